The summed E-state index contributed by atoms with van der Waals surface area (Å²) in [6.45, 7) is 12.4. The number of hydrogen-bond acceptors (Lipinski definition) is 3. The first kappa shape index (κ1) is 16.0. The zero-order valence-corrected chi connectivity index (χ0v) is 14.8. The van der Waals surface area contributed by atoms with E-state index >= 15 is 0 Å². The highest BCUT2D eigenvalue weighted by Gasteiger charge is 2.27. The molecular formula is C15H27BrN4. The Hall–Kier alpha value is -0.390. The van der Waals surface area contributed by atoms with E-state index in [1.165, 1.54) is 35.4 Å². The topological polar surface area (TPSA) is 24.3 Å². The van der Waals surface area contributed by atoms with Crippen molar-refractivity contribution in [3.8, 4) is 0 Å². The van der Waals surface area contributed by atoms with Gasteiger partial charge in [-0.3, -0.25) is 14.5 Å². The Kier molecular flexibility index (Phi) is 5.64. The first-order valence-corrected chi connectivity index (χ1v) is 8.56. The lowest BCUT2D eigenvalue weighted by Crippen LogP contribution is -2.37. The largest absolute Gasteiger partial charge is 0.300 e. The van der Waals surface area contributed by atoms with Gasteiger partial charge < -0.3 is 0 Å². The molecule has 0 saturated carbocycles. The Morgan fingerprint density at radius 1 is 1.30 bits per heavy atom. The van der Waals surface area contributed by atoms with E-state index in [9.17, 15) is 0 Å². The van der Waals surface area contributed by atoms with Crippen molar-refractivity contribution >= 4 is 15.9 Å². The molecule has 4 nitrogen and oxygen atoms in total. The van der Waals surface area contributed by atoms with E-state index in [2.05, 4.69) is 58.6 Å². The molecule has 2 heterocycles. The quantitative estimate of drug-likeness (QED) is 0.794. The number of rotatable bonds is 6. The SMILES string of the molecule is CCc1nn(C)c(CN2CCC(N(CC)CC)C2)c1Br. The van der Waals surface area contributed by atoms with Crippen molar-refractivity contribution in [2.24, 2.45) is 7.05 Å². The van der Waals surface area contributed by atoms with Gasteiger partial charge in [0, 0.05) is 32.7 Å². The van der Waals surface area contributed by atoms with Crippen LogP contribution < -0.4 is 0 Å². The second kappa shape index (κ2) is 7.05. The van der Waals surface area contributed by atoms with Gasteiger partial charge in [0.1, 0.15) is 0 Å². The molecule has 1 fully saturated rings. The lowest BCUT2D eigenvalue weighted by Gasteiger charge is -2.26. The molecule has 1 unspecified atom stereocenters. The number of hydrogen-bond donors (Lipinski definition) is 0. The predicted molar refractivity (Wildman–Crippen MR) is 86.9 cm³/mol. The molecule has 1 atom stereocenters. The van der Waals surface area contributed by atoms with Gasteiger partial charge in [0.2, 0.25) is 0 Å². The molecule has 1 aromatic heterocycles. The maximum Gasteiger partial charge on any atom is 0.0767 e. The van der Waals surface area contributed by atoms with Crippen LogP contribution in [0.15, 0.2) is 4.47 Å². The van der Waals surface area contributed by atoms with Gasteiger partial charge in [-0.1, -0.05) is 20.8 Å². The van der Waals surface area contributed by atoms with E-state index in [1.54, 1.807) is 0 Å². The lowest BCUT2D eigenvalue weighted by atomic mass is 10.2. The van der Waals surface area contributed by atoms with Gasteiger partial charge in [0.15, 0.2) is 0 Å². The van der Waals surface area contributed by atoms with Crippen molar-refractivity contribution in [2.75, 3.05) is 26.2 Å². The van der Waals surface area contributed by atoms with Crippen LogP contribution >= 0.6 is 15.9 Å². The van der Waals surface area contributed by atoms with Crippen LogP contribution in [0.25, 0.3) is 0 Å². The third-order valence-electron chi connectivity index (χ3n) is 4.45. The monoisotopic (exact) mass is 342 g/mol. The molecule has 2 rings (SSSR count). The van der Waals surface area contributed by atoms with Gasteiger partial charge in [-0.05, 0) is 41.9 Å². The molecule has 114 valence electrons. The van der Waals surface area contributed by atoms with Crippen LogP contribution in [0, 0.1) is 0 Å². The smallest absolute Gasteiger partial charge is 0.0767 e. The molecule has 1 aliphatic heterocycles. The summed E-state index contributed by atoms with van der Waals surface area (Å²) < 4.78 is 3.24. The minimum atomic E-state index is 0.725. The highest BCUT2D eigenvalue weighted by Crippen LogP contribution is 2.25. The van der Waals surface area contributed by atoms with Crippen molar-refractivity contribution < 1.29 is 0 Å². The summed E-state index contributed by atoms with van der Waals surface area (Å²) in [5, 5.41) is 4.59. The van der Waals surface area contributed by atoms with Gasteiger partial charge >= 0.3 is 0 Å². The van der Waals surface area contributed by atoms with E-state index < -0.39 is 0 Å². The molecule has 20 heavy (non-hydrogen) atoms. The van der Waals surface area contributed by atoms with Gasteiger partial charge in [0.25, 0.3) is 0 Å². The van der Waals surface area contributed by atoms with Crippen LogP contribution in [0.5, 0.6) is 0 Å². The van der Waals surface area contributed by atoms with Crippen molar-refractivity contribution in [1.29, 1.82) is 0 Å². The van der Waals surface area contributed by atoms with Crippen LogP contribution in [0.4, 0.5) is 0 Å². The second-order valence-corrected chi connectivity index (χ2v) is 6.38. The molecule has 5 heteroatoms. The van der Waals surface area contributed by atoms with Crippen LogP contribution in [-0.2, 0) is 20.0 Å². The standard InChI is InChI=1S/C15H27BrN4/c1-5-13-15(16)14(18(4)17-13)11-19-9-8-12(10-19)20(6-2)7-3/h12H,5-11H2,1-4H3. The molecule has 0 amide bonds. The summed E-state index contributed by atoms with van der Waals surface area (Å²) in [6.07, 6.45) is 2.27. The molecular weight excluding hydrogens is 316 g/mol. The first-order chi connectivity index (χ1) is 9.60. The highest BCUT2D eigenvalue weighted by molar-refractivity contribution is 9.10. The normalized spacial score (nSPS) is 20.2. The van der Waals surface area contributed by atoms with E-state index in [4.69, 9.17) is 0 Å². The maximum atomic E-state index is 4.59. The second-order valence-electron chi connectivity index (χ2n) is 5.58. The van der Waals surface area contributed by atoms with Crippen LogP contribution in [0.1, 0.15) is 38.6 Å². The maximum absolute atomic E-state index is 4.59. The number of likely N-dealkylation sites (tertiary alicyclic amines) is 1. The van der Waals surface area contributed by atoms with Gasteiger partial charge in [-0.2, -0.15) is 5.10 Å². The van der Waals surface area contributed by atoms with E-state index in [0.29, 0.717) is 0 Å². The minimum Gasteiger partial charge on any atom is -0.300 e. The number of aryl methyl sites for hydroxylation is 2. The van der Waals surface area contributed by atoms with Gasteiger partial charge in [-0.15, -0.1) is 0 Å². The van der Waals surface area contributed by atoms with Crippen LogP contribution in [-0.4, -0.2) is 51.8 Å². The number of halogens is 1. The van der Waals surface area contributed by atoms with E-state index in [1.807, 2.05) is 4.68 Å². The van der Waals surface area contributed by atoms with Crippen molar-refractivity contribution in [3.05, 3.63) is 15.9 Å². The lowest BCUT2D eigenvalue weighted by molar-refractivity contribution is 0.207. The molecule has 1 aliphatic rings. The fourth-order valence-corrected chi connectivity index (χ4v) is 3.94. The number of likely N-dealkylation sites (N-methyl/N-ethyl adjacent to an activating group) is 1. The van der Waals surface area contributed by atoms with Gasteiger partial charge in [0.05, 0.1) is 15.9 Å². The predicted octanol–water partition coefficient (Wildman–Crippen LogP) is 2.66. The third-order valence-corrected chi connectivity index (χ3v) is 5.37. The Morgan fingerprint density at radius 3 is 2.55 bits per heavy atom. The Bertz CT molecular complexity index is 439. The average Bonchev–Trinajstić information content (AvgIpc) is 3.00. The molecule has 1 aromatic rings. The van der Waals surface area contributed by atoms with Crippen molar-refractivity contribution in [3.63, 3.8) is 0 Å². The molecule has 0 aliphatic carbocycles. The summed E-state index contributed by atoms with van der Waals surface area (Å²) in [6, 6.07) is 0.725. The zero-order valence-electron chi connectivity index (χ0n) is 13.2. The van der Waals surface area contributed by atoms with E-state index in [-0.39, 0.29) is 0 Å². The highest BCUT2D eigenvalue weighted by atomic mass is 79.9. The number of aromatic nitrogens is 2. The Balaban J connectivity index is 2.00. The van der Waals surface area contributed by atoms with Crippen molar-refractivity contribution in [2.45, 2.75) is 46.2 Å². The summed E-state index contributed by atoms with van der Waals surface area (Å²) in [5.41, 5.74) is 2.48. The van der Waals surface area contributed by atoms with Crippen LogP contribution in [0.2, 0.25) is 0 Å². The molecule has 0 spiro atoms. The molecule has 0 bridgehead atoms. The summed E-state index contributed by atoms with van der Waals surface area (Å²) in [7, 11) is 2.05. The summed E-state index contributed by atoms with van der Waals surface area (Å²) >= 11 is 3.72. The Labute approximate surface area is 131 Å². The Morgan fingerprint density at radius 2 is 2.00 bits per heavy atom. The summed E-state index contributed by atoms with van der Waals surface area (Å²) in [4.78, 5) is 5.14. The molecule has 0 radical (unpaired) electrons. The fraction of sp³-hybridized carbons (Fsp3) is 0.800. The van der Waals surface area contributed by atoms with Gasteiger partial charge in [-0.25, -0.2) is 0 Å². The fourth-order valence-electron chi connectivity index (χ4n) is 3.20. The average molecular weight is 343 g/mol. The zero-order chi connectivity index (χ0) is 14.7. The van der Waals surface area contributed by atoms with Crippen molar-refractivity contribution in [1.82, 2.24) is 19.6 Å². The summed E-state index contributed by atoms with van der Waals surface area (Å²) in [5.74, 6) is 0. The first-order valence-electron chi connectivity index (χ1n) is 7.77. The molecule has 1 saturated heterocycles. The molecule has 0 aromatic carbocycles. The number of nitrogens with zero attached hydrogens (tertiary/aromatic N) is 4. The van der Waals surface area contributed by atoms with E-state index in [0.717, 1.165) is 32.1 Å². The molecule has 0 N–H and O–H groups in total. The van der Waals surface area contributed by atoms with Crippen LogP contribution in [0.3, 0.4) is 0 Å². The minimum absolute atomic E-state index is 0.725. The third kappa shape index (κ3) is 3.26.